The Morgan fingerprint density at radius 1 is 1.04 bits per heavy atom. The number of nitro benzene ring substituents is 1. The average Bonchev–Trinajstić information content (AvgIpc) is 2.87. The maximum absolute atomic E-state index is 12.4. The molecule has 0 heterocycles. The molecule has 0 aromatic heterocycles. The minimum absolute atomic E-state index is 0.0169. The van der Waals surface area contributed by atoms with E-state index < -0.39 is 10.8 Å². The second-order valence-corrected chi connectivity index (χ2v) is 5.54. The van der Waals surface area contributed by atoms with Crippen molar-refractivity contribution in [2.75, 3.05) is 0 Å². The molecule has 7 heteroatoms. The van der Waals surface area contributed by atoms with Crippen molar-refractivity contribution < 1.29 is 14.5 Å². The molecule has 0 aliphatic heterocycles. The van der Waals surface area contributed by atoms with E-state index in [-0.39, 0.29) is 17.3 Å². The van der Waals surface area contributed by atoms with Crippen molar-refractivity contribution in [3.05, 3.63) is 75.3 Å². The maximum atomic E-state index is 12.4. The molecular weight excluding hydrogens is 322 g/mol. The molecule has 25 heavy (non-hydrogen) atoms. The number of ketones is 2. The summed E-state index contributed by atoms with van der Waals surface area (Å²) in [4.78, 5) is 34.8. The first-order valence-electron chi connectivity index (χ1n) is 7.48. The summed E-state index contributed by atoms with van der Waals surface area (Å²) in [5, 5.41) is 18.4. The van der Waals surface area contributed by atoms with Gasteiger partial charge in [-0.05, 0) is 24.6 Å². The van der Waals surface area contributed by atoms with Crippen LogP contribution in [0.1, 0.15) is 33.2 Å². The molecule has 0 bridgehead atoms. The number of carbonyl (C=O) groups excluding carboxylic acids is 2. The van der Waals surface area contributed by atoms with Gasteiger partial charge in [0.05, 0.1) is 16.8 Å². The topological polar surface area (TPSA) is 102 Å². The van der Waals surface area contributed by atoms with Crippen LogP contribution in [0.15, 0.2) is 58.7 Å². The van der Waals surface area contributed by atoms with E-state index >= 15 is 0 Å². The Morgan fingerprint density at radius 3 is 2.12 bits per heavy atom. The van der Waals surface area contributed by atoms with E-state index in [0.29, 0.717) is 22.4 Å². The summed E-state index contributed by atoms with van der Waals surface area (Å²) in [7, 11) is 0. The largest absolute Gasteiger partial charge is 0.293 e. The zero-order valence-electron chi connectivity index (χ0n) is 13.2. The smallest absolute Gasteiger partial charge is 0.269 e. The van der Waals surface area contributed by atoms with Gasteiger partial charge >= 0.3 is 0 Å². The van der Waals surface area contributed by atoms with Gasteiger partial charge in [0.25, 0.3) is 5.69 Å². The molecule has 7 nitrogen and oxygen atoms in total. The van der Waals surface area contributed by atoms with Gasteiger partial charge in [-0.15, -0.1) is 0 Å². The normalized spacial score (nSPS) is 15.0. The molecule has 1 aliphatic carbocycles. The Kier molecular flexibility index (Phi) is 4.30. The molecule has 0 N–H and O–H groups in total. The zero-order valence-corrected chi connectivity index (χ0v) is 13.2. The van der Waals surface area contributed by atoms with Crippen LogP contribution in [0, 0.1) is 16.0 Å². The van der Waals surface area contributed by atoms with Crippen LogP contribution in [0.3, 0.4) is 0 Å². The molecule has 2 aromatic rings. The fraction of sp³-hybridized carbons (Fsp3) is 0.111. The highest BCUT2D eigenvalue weighted by Crippen LogP contribution is 2.27. The van der Waals surface area contributed by atoms with E-state index in [1.807, 2.05) is 0 Å². The number of benzene rings is 2. The number of nitro groups is 1. The van der Waals surface area contributed by atoms with Gasteiger partial charge in [0.15, 0.2) is 11.6 Å². The van der Waals surface area contributed by atoms with Crippen molar-refractivity contribution in [3.8, 4) is 0 Å². The van der Waals surface area contributed by atoms with Gasteiger partial charge in [0.1, 0.15) is 5.92 Å². The molecule has 0 fully saturated rings. The first-order chi connectivity index (χ1) is 12.0. The number of carbonyl (C=O) groups is 2. The lowest BCUT2D eigenvalue weighted by Gasteiger charge is -2.03. The third kappa shape index (κ3) is 3.12. The second-order valence-electron chi connectivity index (χ2n) is 5.54. The fourth-order valence-electron chi connectivity index (χ4n) is 2.65. The number of Topliss-reactive ketones (excluding diaryl/α,β-unsaturated/α-hetero) is 2. The molecule has 0 saturated heterocycles. The lowest BCUT2D eigenvalue weighted by atomic mass is 9.99. The lowest BCUT2D eigenvalue weighted by molar-refractivity contribution is -0.384. The summed E-state index contributed by atoms with van der Waals surface area (Å²) in [5.41, 5.74) is 1.73. The summed E-state index contributed by atoms with van der Waals surface area (Å²) in [6.45, 7) is 1.58. The third-order valence-corrected chi connectivity index (χ3v) is 3.93. The highest BCUT2D eigenvalue weighted by atomic mass is 16.6. The monoisotopic (exact) mass is 335 g/mol. The van der Waals surface area contributed by atoms with Crippen molar-refractivity contribution >= 4 is 29.2 Å². The molecule has 0 amide bonds. The molecule has 0 atom stereocenters. The predicted molar refractivity (Wildman–Crippen MR) is 92.4 cm³/mol. The fourth-order valence-corrected chi connectivity index (χ4v) is 2.65. The van der Waals surface area contributed by atoms with Gasteiger partial charge < -0.3 is 0 Å². The van der Waals surface area contributed by atoms with E-state index in [0.717, 1.165) is 0 Å². The van der Waals surface area contributed by atoms with Crippen LogP contribution in [-0.4, -0.2) is 28.4 Å². The van der Waals surface area contributed by atoms with Crippen molar-refractivity contribution in [2.24, 2.45) is 16.1 Å². The SMILES string of the molecule is C/C(=N\N=C\c1ccc([N+](=O)[O-])cc1)C1C(=O)c2ccccc2C1=O. The Hall–Kier alpha value is -3.48. The highest BCUT2D eigenvalue weighted by Gasteiger charge is 2.40. The Bertz CT molecular complexity index is 895. The number of hydrogen-bond donors (Lipinski definition) is 0. The van der Waals surface area contributed by atoms with Gasteiger partial charge in [-0.3, -0.25) is 19.7 Å². The summed E-state index contributed by atoms with van der Waals surface area (Å²) >= 11 is 0. The van der Waals surface area contributed by atoms with E-state index in [4.69, 9.17) is 0 Å². The molecule has 124 valence electrons. The second kappa shape index (κ2) is 6.56. The van der Waals surface area contributed by atoms with E-state index in [2.05, 4.69) is 10.2 Å². The molecule has 1 aliphatic rings. The molecule has 3 rings (SSSR count). The number of rotatable bonds is 4. The predicted octanol–water partition coefficient (Wildman–Crippen LogP) is 3.09. The molecule has 0 spiro atoms. The molecule has 2 aromatic carbocycles. The van der Waals surface area contributed by atoms with Crippen LogP contribution < -0.4 is 0 Å². The summed E-state index contributed by atoms with van der Waals surface area (Å²) in [5.74, 6) is -1.48. The van der Waals surface area contributed by atoms with Gasteiger partial charge in [0, 0.05) is 23.3 Å². The lowest BCUT2D eigenvalue weighted by Crippen LogP contribution is -2.23. The Balaban J connectivity index is 1.77. The molecule has 0 unspecified atom stereocenters. The van der Waals surface area contributed by atoms with Crippen LogP contribution >= 0.6 is 0 Å². The number of nitrogens with zero attached hydrogens (tertiary/aromatic N) is 3. The van der Waals surface area contributed by atoms with Crippen LogP contribution in [-0.2, 0) is 0 Å². The number of non-ortho nitro benzene ring substituents is 1. The van der Waals surface area contributed by atoms with Crippen molar-refractivity contribution in [2.45, 2.75) is 6.92 Å². The summed E-state index contributed by atoms with van der Waals surface area (Å²) in [6, 6.07) is 12.5. The highest BCUT2D eigenvalue weighted by molar-refractivity contribution is 6.36. The quantitative estimate of drug-likeness (QED) is 0.371. The molecular formula is C18H13N3O4. The van der Waals surface area contributed by atoms with Gasteiger partial charge in [0.2, 0.25) is 0 Å². The number of hydrogen-bond acceptors (Lipinski definition) is 6. The maximum Gasteiger partial charge on any atom is 0.269 e. The van der Waals surface area contributed by atoms with E-state index in [1.54, 1.807) is 31.2 Å². The van der Waals surface area contributed by atoms with Crippen LogP contribution in [0.2, 0.25) is 0 Å². The van der Waals surface area contributed by atoms with Gasteiger partial charge in [-0.2, -0.15) is 10.2 Å². The Morgan fingerprint density at radius 2 is 1.60 bits per heavy atom. The van der Waals surface area contributed by atoms with Crippen LogP contribution in [0.5, 0.6) is 0 Å². The van der Waals surface area contributed by atoms with Crippen LogP contribution in [0.25, 0.3) is 0 Å². The van der Waals surface area contributed by atoms with Crippen molar-refractivity contribution in [3.63, 3.8) is 0 Å². The summed E-state index contributed by atoms with van der Waals surface area (Å²) < 4.78 is 0. The molecule has 0 saturated carbocycles. The van der Waals surface area contributed by atoms with Crippen LogP contribution in [0.4, 0.5) is 5.69 Å². The minimum Gasteiger partial charge on any atom is -0.293 e. The zero-order chi connectivity index (χ0) is 18.0. The van der Waals surface area contributed by atoms with Gasteiger partial charge in [-0.1, -0.05) is 24.3 Å². The van der Waals surface area contributed by atoms with Gasteiger partial charge in [-0.25, -0.2) is 0 Å². The molecule has 0 radical (unpaired) electrons. The average molecular weight is 335 g/mol. The standard InChI is InChI=1S/C18H13N3O4/c1-11(16-17(22)14-4-2-3-5-15(14)18(16)23)20-19-10-12-6-8-13(9-7-12)21(24)25/h2-10,16H,1H3/b19-10+,20-11+. The first kappa shape index (κ1) is 16.4. The Labute approximate surface area is 142 Å². The number of fused-ring (bicyclic) bond motifs is 1. The summed E-state index contributed by atoms with van der Waals surface area (Å²) in [6.07, 6.45) is 1.41. The van der Waals surface area contributed by atoms with E-state index in [1.165, 1.54) is 30.5 Å². The van der Waals surface area contributed by atoms with Crippen molar-refractivity contribution in [1.29, 1.82) is 0 Å². The van der Waals surface area contributed by atoms with E-state index in [9.17, 15) is 19.7 Å². The third-order valence-electron chi connectivity index (χ3n) is 3.93. The van der Waals surface area contributed by atoms with Crippen molar-refractivity contribution in [1.82, 2.24) is 0 Å². The first-order valence-corrected chi connectivity index (χ1v) is 7.48. The minimum atomic E-state index is -0.939.